The van der Waals surface area contributed by atoms with Crippen LogP contribution >= 0.6 is 0 Å². The molecule has 2 aromatic rings. The first-order chi connectivity index (χ1) is 13.3. The highest BCUT2D eigenvalue weighted by Crippen LogP contribution is 2.54. The second-order valence-electron chi connectivity index (χ2n) is 8.07. The highest BCUT2D eigenvalue weighted by Gasteiger charge is 2.35. The van der Waals surface area contributed by atoms with E-state index in [2.05, 4.69) is 6.58 Å². The third-order valence-electron chi connectivity index (χ3n) is 5.66. The van der Waals surface area contributed by atoms with Gasteiger partial charge in [-0.3, -0.25) is 0 Å². The molecule has 1 aliphatic carbocycles. The van der Waals surface area contributed by atoms with Gasteiger partial charge in [-0.25, -0.2) is 0 Å². The summed E-state index contributed by atoms with van der Waals surface area (Å²) in [6.07, 6.45) is 4.62. The van der Waals surface area contributed by atoms with Gasteiger partial charge in [0.15, 0.2) is 11.5 Å². The smallest absolute Gasteiger partial charge is 0.164 e. The number of allylic oxidation sites excluding steroid dienone is 1. The minimum Gasteiger partial charge on any atom is -0.507 e. The van der Waals surface area contributed by atoms with E-state index in [1.165, 1.54) is 0 Å². The van der Waals surface area contributed by atoms with Crippen LogP contribution in [0, 0.1) is 0 Å². The minimum absolute atomic E-state index is 0.0165. The Morgan fingerprint density at radius 2 is 1.96 bits per heavy atom. The quantitative estimate of drug-likeness (QED) is 0.719. The maximum atomic E-state index is 11.2. The van der Waals surface area contributed by atoms with Crippen LogP contribution in [0.1, 0.15) is 43.4 Å². The first-order valence-corrected chi connectivity index (χ1v) is 9.45. The van der Waals surface area contributed by atoms with Crippen LogP contribution in [0.4, 0.5) is 0 Å². The Hall–Kier alpha value is -2.88. The lowest BCUT2D eigenvalue weighted by Crippen LogP contribution is -2.28. The maximum Gasteiger partial charge on any atom is 0.164 e. The summed E-state index contributed by atoms with van der Waals surface area (Å²) in [6, 6.07) is 5.97. The summed E-state index contributed by atoms with van der Waals surface area (Å²) in [6.45, 7) is 10.2. The Labute approximate surface area is 166 Å². The molecule has 0 spiro atoms. The SMILES string of the molecule is C=C(C)C1Cc2c(ccc(OC)c2OC)-c2cc3c(c(O)c21)C=CC(C)(C)O3. The van der Waals surface area contributed by atoms with Crippen molar-refractivity contribution in [1.82, 2.24) is 0 Å². The lowest BCUT2D eigenvalue weighted by Gasteiger charge is -2.34. The van der Waals surface area contributed by atoms with Gasteiger partial charge in [0.1, 0.15) is 17.1 Å². The largest absolute Gasteiger partial charge is 0.507 e. The molecular weight excluding hydrogens is 352 g/mol. The van der Waals surface area contributed by atoms with Gasteiger partial charge in [0.2, 0.25) is 0 Å². The van der Waals surface area contributed by atoms with Crippen LogP contribution in [-0.2, 0) is 6.42 Å². The first kappa shape index (κ1) is 18.5. The predicted molar refractivity (Wildman–Crippen MR) is 112 cm³/mol. The van der Waals surface area contributed by atoms with E-state index in [9.17, 15) is 5.11 Å². The Bertz CT molecular complexity index is 1010. The number of aromatic hydroxyl groups is 1. The van der Waals surface area contributed by atoms with E-state index in [1.807, 2.05) is 51.1 Å². The number of fused-ring (bicyclic) bond motifs is 4. The highest BCUT2D eigenvalue weighted by molar-refractivity contribution is 5.85. The third-order valence-corrected chi connectivity index (χ3v) is 5.66. The number of ether oxygens (including phenoxy) is 3. The summed E-state index contributed by atoms with van der Waals surface area (Å²) < 4.78 is 17.3. The average molecular weight is 378 g/mol. The molecular formula is C24H26O4. The maximum absolute atomic E-state index is 11.2. The third kappa shape index (κ3) is 2.67. The van der Waals surface area contributed by atoms with E-state index in [0.29, 0.717) is 17.9 Å². The van der Waals surface area contributed by atoms with Crippen molar-refractivity contribution in [1.29, 1.82) is 0 Å². The van der Waals surface area contributed by atoms with Crippen molar-refractivity contribution >= 4 is 6.08 Å². The molecule has 0 amide bonds. The van der Waals surface area contributed by atoms with Crippen molar-refractivity contribution in [2.45, 2.75) is 38.7 Å². The van der Waals surface area contributed by atoms with Crippen molar-refractivity contribution in [2.75, 3.05) is 14.2 Å². The summed E-state index contributed by atoms with van der Waals surface area (Å²) in [4.78, 5) is 0. The molecule has 4 nitrogen and oxygen atoms in total. The Kier molecular flexibility index (Phi) is 4.18. The van der Waals surface area contributed by atoms with Gasteiger partial charge in [0.25, 0.3) is 0 Å². The number of phenolic OH excluding ortho intramolecular Hbond substituents is 1. The van der Waals surface area contributed by atoms with Crippen LogP contribution in [0.3, 0.4) is 0 Å². The average Bonchev–Trinajstić information content (AvgIpc) is 2.65. The fraction of sp³-hybridized carbons (Fsp3) is 0.333. The van der Waals surface area contributed by atoms with Crippen LogP contribution < -0.4 is 14.2 Å². The number of methoxy groups -OCH3 is 2. The summed E-state index contributed by atoms with van der Waals surface area (Å²) in [7, 11) is 3.30. The van der Waals surface area contributed by atoms with E-state index in [4.69, 9.17) is 14.2 Å². The van der Waals surface area contributed by atoms with E-state index < -0.39 is 5.60 Å². The summed E-state index contributed by atoms with van der Waals surface area (Å²) in [5.41, 5.74) is 5.25. The molecule has 28 heavy (non-hydrogen) atoms. The molecule has 0 saturated carbocycles. The Morgan fingerprint density at radius 1 is 1.21 bits per heavy atom. The molecule has 0 saturated heterocycles. The molecule has 4 heteroatoms. The topological polar surface area (TPSA) is 47.9 Å². The number of hydrogen-bond donors (Lipinski definition) is 1. The predicted octanol–water partition coefficient (Wildman–Crippen LogP) is 5.48. The van der Waals surface area contributed by atoms with Gasteiger partial charge < -0.3 is 19.3 Å². The van der Waals surface area contributed by atoms with Gasteiger partial charge in [-0.2, -0.15) is 0 Å². The molecule has 1 heterocycles. The van der Waals surface area contributed by atoms with Crippen LogP contribution in [0.5, 0.6) is 23.0 Å². The monoisotopic (exact) mass is 378 g/mol. The molecule has 0 aromatic heterocycles. The second kappa shape index (κ2) is 6.33. The lowest BCUT2D eigenvalue weighted by atomic mass is 9.74. The van der Waals surface area contributed by atoms with Crippen LogP contribution in [0.2, 0.25) is 0 Å². The van der Waals surface area contributed by atoms with Gasteiger partial charge >= 0.3 is 0 Å². The molecule has 2 aliphatic rings. The van der Waals surface area contributed by atoms with Gasteiger partial charge in [0, 0.05) is 17.0 Å². The molecule has 0 fully saturated rings. The number of hydrogen-bond acceptors (Lipinski definition) is 4. The first-order valence-electron chi connectivity index (χ1n) is 9.45. The molecule has 1 aliphatic heterocycles. The van der Waals surface area contributed by atoms with Crippen molar-refractivity contribution in [3.63, 3.8) is 0 Å². The van der Waals surface area contributed by atoms with Crippen LogP contribution in [-0.4, -0.2) is 24.9 Å². The molecule has 0 radical (unpaired) electrons. The normalized spacial score (nSPS) is 18.4. The highest BCUT2D eigenvalue weighted by atomic mass is 16.5. The van der Waals surface area contributed by atoms with E-state index in [-0.39, 0.29) is 11.7 Å². The zero-order chi connectivity index (χ0) is 20.2. The van der Waals surface area contributed by atoms with E-state index in [0.717, 1.165) is 39.1 Å². The van der Waals surface area contributed by atoms with Gasteiger partial charge in [-0.05, 0) is 62.6 Å². The van der Waals surface area contributed by atoms with Crippen molar-refractivity contribution in [3.8, 4) is 34.1 Å². The number of phenols is 1. The van der Waals surface area contributed by atoms with Crippen molar-refractivity contribution in [2.24, 2.45) is 0 Å². The standard InChI is InChI=1S/C24H26O4/c1-13(2)16-11-18-14(7-8-19(26-5)23(18)27-6)17-12-20-15(22(25)21(16)17)9-10-24(3,4)28-20/h7-10,12,16,25H,1,11H2,2-6H3. The zero-order valence-corrected chi connectivity index (χ0v) is 17.1. The molecule has 2 aromatic carbocycles. The van der Waals surface area contributed by atoms with Crippen molar-refractivity contribution < 1.29 is 19.3 Å². The lowest BCUT2D eigenvalue weighted by molar-refractivity contribution is 0.158. The molecule has 1 atom stereocenters. The van der Waals surface area contributed by atoms with E-state index >= 15 is 0 Å². The summed E-state index contributed by atoms with van der Waals surface area (Å²) >= 11 is 0. The van der Waals surface area contributed by atoms with Crippen LogP contribution in [0.25, 0.3) is 17.2 Å². The van der Waals surface area contributed by atoms with E-state index in [1.54, 1.807) is 14.2 Å². The van der Waals surface area contributed by atoms with Crippen molar-refractivity contribution in [3.05, 3.63) is 53.1 Å². The Balaban J connectivity index is 2.04. The molecule has 4 rings (SSSR count). The van der Waals surface area contributed by atoms with Gasteiger partial charge in [0.05, 0.1) is 19.8 Å². The molecule has 1 N–H and O–H groups in total. The fourth-order valence-electron chi connectivity index (χ4n) is 4.27. The molecule has 0 bridgehead atoms. The second-order valence-corrected chi connectivity index (χ2v) is 8.07. The van der Waals surface area contributed by atoms with Gasteiger partial charge in [-0.1, -0.05) is 18.2 Å². The van der Waals surface area contributed by atoms with Crippen LogP contribution in [0.15, 0.2) is 36.4 Å². The molecule has 1 unspecified atom stereocenters. The summed E-state index contributed by atoms with van der Waals surface area (Å²) in [5, 5.41) is 11.2. The Morgan fingerprint density at radius 3 is 2.61 bits per heavy atom. The van der Waals surface area contributed by atoms with Gasteiger partial charge in [-0.15, -0.1) is 0 Å². The minimum atomic E-state index is -0.420. The fourth-order valence-corrected chi connectivity index (χ4v) is 4.27. The molecule has 146 valence electrons. The number of benzene rings is 2. The number of rotatable bonds is 3. The summed E-state index contributed by atoms with van der Waals surface area (Å²) in [5.74, 6) is 2.37. The zero-order valence-electron chi connectivity index (χ0n) is 17.1.